The van der Waals surface area contributed by atoms with E-state index in [1.54, 1.807) is 14.2 Å². The molecule has 1 aliphatic rings. The van der Waals surface area contributed by atoms with Gasteiger partial charge in [-0.1, -0.05) is 170 Å². The van der Waals surface area contributed by atoms with Crippen LogP contribution in [0.5, 0.6) is 11.5 Å². The molecule has 3 nitrogen and oxygen atoms in total. The Morgan fingerprint density at radius 2 is 0.814 bits per heavy atom. The summed E-state index contributed by atoms with van der Waals surface area (Å²) in [6.07, 6.45) is 0.929. The van der Waals surface area contributed by atoms with Crippen LogP contribution in [0.4, 0.5) is 0 Å². The van der Waals surface area contributed by atoms with Gasteiger partial charge in [0.2, 0.25) is 0 Å². The Morgan fingerprint density at radius 1 is 0.475 bits per heavy atom. The van der Waals surface area contributed by atoms with Gasteiger partial charge in [-0.3, -0.25) is 4.79 Å². The lowest BCUT2D eigenvalue weighted by atomic mass is 9.79. The van der Waals surface area contributed by atoms with Gasteiger partial charge in [0.25, 0.3) is 0 Å². The summed E-state index contributed by atoms with van der Waals surface area (Å²) in [4.78, 5) is 14.4. The first-order valence-corrected chi connectivity index (χ1v) is 23.6. The van der Waals surface area contributed by atoms with Crippen molar-refractivity contribution < 1.29 is 14.3 Å². The second-order valence-corrected chi connectivity index (χ2v) is 21.2. The predicted octanol–water partition coefficient (Wildman–Crippen LogP) is 15.7. The SMILES string of the molecule is COc1ccccc1C1CC(=O)CC(c2ccccc2OC)P1c1c(-c2c(C(C)C)cc(C(C)C)cc2C(C)C)cccc1-c1c(C(C)C)cc(C(C)C)cc1C(C)C. The molecule has 0 N–H and O–H groups in total. The van der Waals surface area contributed by atoms with Crippen LogP contribution in [-0.2, 0) is 4.79 Å². The predicted molar refractivity (Wildman–Crippen MR) is 254 cm³/mol. The number of rotatable bonds is 13. The monoisotopic (exact) mass is 808 g/mol. The third-order valence-electron chi connectivity index (χ3n) is 12.6. The van der Waals surface area contributed by atoms with E-state index in [2.05, 4.69) is 162 Å². The zero-order valence-corrected chi connectivity index (χ0v) is 39.3. The number of carbonyl (C=O) groups is 1. The Morgan fingerprint density at radius 3 is 1.12 bits per heavy atom. The molecule has 0 radical (unpaired) electrons. The molecule has 0 saturated carbocycles. The van der Waals surface area contributed by atoms with Crippen LogP contribution in [0.3, 0.4) is 0 Å². The second-order valence-electron chi connectivity index (χ2n) is 18.6. The number of carbonyl (C=O) groups excluding carboxylic acids is 1. The van der Waals surface area contributed by atoms with E-state index >= 15 is 0 Å². The molecule has 0 amide bonds. The smallest absolute Gasteiger partial charge is 0.134 e. The van der Waals surface area contributed by atoms with Crippen LogP contribution in [0.25, 0.3) is 22.3 Å². The number of benzene rings is 5. The molecular formula is C55H69O3P. The molecule has 5 aromatic carbocycles. The van der Waals surface area contributed by atoms with E-state index in [1.807, 2.05) is 12.1 Å². The molecular weight excluding hydrogens is 740 g/mol. The van der Waals surface area contributed by atoms with Crippen LogP contribution in [0.1, 0.15) is 187 Å². The summed E-state index contributed by atoms with van der Waals surface area (Å²) in [5.74, 6) is 4.00. The second kappa shape index (κ2) is 18.6. The van der Waals surface area contributed by atoms with Crippen LogP contribution >= 0.6 is 7.92 Å². The highest BCUT2D eigenvalue weighted by molar-refractivity contribution is 7.67. The van der Waals surface area contributed by atoms with Gasteiger partial charge in [-0.15, -0.1) is 0 Å². The Kier molecular flexibility index (Phi) is 14.0. The minimum atomic E-state index is -1.15. The van der Waals surface area contributed by atoms with E-state index in [-0.39, 0.29) is 17.1 Å². The van der Waals surface area contributed by atoms with Gasteiger partial charge < -0.3 is 9.47 Å². The summed E-state index contributed by atoms with van der Waals surface area (Å²) >= 11 is 0. The maximum atomic E-state index is 14.4. The molecule has 0 spiro atoms. The van der Waals surface area contributed by atoms with Crippen molar-refractivity contribution in [3.63, 3.8) is 0 Å². The molecule has 312 valence electrons. The molecule has 0 bridgehead atoms. The highest BCUT2D eigenvalue weighted by Crippen LogP contribution is 2.70. The van der Waals surface area contributed by atoms with Crippen molar-refractivity contribution >= 4 is 19.0 Å². The molecule has 0 aliphatic carbocycles. The number of ether oxygens (including phenoxy) is 2. The van der Waals surface area contributed by atoms with Gasteiger partial charge in [0.1, 0.15) is 17.3 Å². The summed E-state index contributed by atoms with van der Waals surface area (Å²) in [6, 6.07) is 34.1. The number of methoxy groups -OCH3 is 2. The first-order valence-electron chi connectivity index (χ1n) is 22.1. The zero-order valence-electron chi connectivity index (χ0n) is 38.4. The molecule has 2 atom stereocenters. The van der Waals surface area contributed by atoms with Crippen molar-refractivity contribution in [2.75, 3.05) is 14.2 Å². The molecule has 4 heteroatoms. The lowest BCUT2D eigenvalue weighted by molar-refractivity contribution is -0.119. The summed E-state index contributed by atoms with van der Waals surface area (Å²) in [7, 11) is 2.38. The standard InChI is InChI=1S/C55H69O3P/c1-32(2)38-26-45(34(5)6)53(46(27-38)35(7)8)43-22-19-23-44(54-47(36(9)10)28-39(33(3)4)29-48(54)37(11)12)55(43)59-51(41-20-15-17-24-49(41)57-13)30-40(56)31-52(59)42-21-16-18-25-50(42)58-14/h15-29,32-37,51-52H,30-31H2,1-14H3. The average Bonchev–Trinajstić information content (AvgIpc) is 3.21. The zero-order chi connectivity index (χ0) is 42.9. The topological polar surface area (TPSA) is 35.5 Å². The minimum Gasteiger partial charge on any atom is -0.496 e. The quantitative estimate of drug-likeness (QED) is 0.111. The molecule has 1 fully saturated rings. The molecule has 2 unspecified atom stereocenters. The van der Waals surface area contributed by atoms with Gasteiger partial charge in [-0.25, -0.2) is 0 Å². The Balaban J connectivity index is 1.90. The van der Waals surface area contributed by atoms with E-state index in [0.717, 1.165) is 22.6 Å². The van der Waals surface area contributed by atoms with Crippen molar-refractivity contribution in [3.05, 3.63) is 136 Å². The Hall–Kier alpha value is -4.20. The van der Waals surface area contributed by atoms with Crippen molar-refractivity contribution in [1.82, 2.24) is 0 Å². The van der Waals surface area contributed by atoms with Crippen molar-refractivity contribution in [2.24, 2.45) is 0 Å². The van der Waals surface area contributed by atoms with Crippen LogP contribution in [0.2, 0.25) is 0 Å². The van der Waals surface area contributed by atoms with Crippen molar-refractivity contribution in [3.8, 4) is 33.8 Å². The van der Waals surface area contributed by atoms with Gasteiger partial charge in [0, 0.05) is 35.3 Å². The first kappa shape index (κ1) is 44.4. The van der Waals surface area contributed by atoms with Gasteiger partial charge in [-0.05, 0) is 109 Å². The Bertz CT molecular complexity index is 2060. The van der Waals surface area contributed by atoms with Crippen LogP contribution in [0, 0.1) is 0 Å². The number of para-hydroxylation sites is 2. The van der Waals surface area contributed by atoms with Gasteiger partial charge >= 0.3 is 0 Å². The maximum Gasteiger partial charge on any atom is 0.134 e. The lowest BCUT2D eigenvalue weighted by Gasteiger charge is -2.42. The summed E-state index contributed by atoms with van der Waals surface area (Å²) in [5, 5.41) is 1.39. The minimum absolute atomic E-state index is 0.0860. The van der Waals surface area contributed by atoms with E-state index in [0.29, 0.717) is 48.3 Å². The fraction of sp³-hybridized carbons (Fsp3) is 0.436. The highest BCUT2D eigenvalue weighted by atomic mass is 31.1. The van der Waals surface area contributed by atoms with Crippen LogP contribution in [0.15, 0.2) is 91.0 Å². The molecule has 0 aromatic heterocycles. The fourth-order valence-corrected chi connectivity index (χ4v) is 13.2. The van der Waals surface area contributed by atoms with E-state index in [1.165, 1.54) is 60.9 Å². The van der Waals surface area contributed by atoms with Crippen LogP contribution < -0.4 is 14.8 Å². The van der Waals surface area contributed by atoms with Gasteiger partial charge in [-0.2, -0.15) is 0 Å². The third kappa shape index (κ3) is 8.84. The summed E-state index contributed by atoms with van der Waals surface area (Å²) in [5.41, 5.74) is 15.8. The molecule has 1 aliphatic heterocycles. The summed E-state index contributed by atoms with van der Waals surface area (Å²) in [6.45, 7) is 28.1. The largest absolute Gasteiger partial charge is 0.496 e. The number of hydrogen-bond donors (Lipinski definition) is 0. The molecule has 1 saturated heterocycles. The first-order chi connectivity index (χ1) is 28.1. The van der Waals surface area contributed by atoms with Crippen LogP contribution in [-0.4, -0.2) is 20.0 Å². The van der Waals surface area contributed by atoms with Gasteiger partial charge in [0.15, 0.2) is 0 Å². The third-order valence-corrected chi connectivity index (χ3v) is 15.9. The fourth-order valence-electron chi connectivity index (χ4n) is 9.40. The number of hydrogen-bond acceptors (Lipinski definition) is 3. The maximum absolute atomic E-state index is 14.4. The normalized spacial score (nSPS) is 17.3. The van der Waals surface area contributed by atoms with Crippen molar-refractivity contribution in [1.29, 1.82) is 0 Å². The number of Topliss-reactive ketones (excluding diaryl/α,β-unsaturated/α-hetero) is 1. The molecule has 59 heavy (non-hydrogen) atoms. The Labute approximate surface area is 358 Å². The molecule has 5 aromatic rings. The average molecular weight is 809 g/mol. The molecule has 6 rings (SSSR count). The molecule has 1 heterocycles. The lowest BCUT2D eigenvalue weighted by Crippen LogP contribution is -2.27. The highest BCUT2D eigenvalue weighted by Gasteiger charge is 2.44. The van der Waals surface area contributed by atoms with Crippen molar-refractivity contribution in [2.45, 2.75) is 143 Å². The number of ketones is 1. The summed E-state index contributed by atoms with van der Waals surface area (Å²) < 4.78 is 12.4. The van der Waals surface area contributed by atoms with Gasteiger partial charge in [0.05, 0.1) is 14.2 Å². The van der Waals surface area contributed by atoms with E-state index in [9.17, 15) is 4.79 Å². The van der Waals surface area contributed by atoms with E-state index in [4.69, 9.17) is 9.47 Å². The van der Waals surface area contributed by atoms with E-state index < -0.39 is 7.92 Å².